The second-order valence-corrected chi connectivity index (χ2v) is 7.95. The van der Waals surface area contributed by atoms with Gasteiger partial charge in [0.05, 0.1) is 18.4 Å². The standard InChI is InChI=1S/C23H18FN5O4/c1-23(2)32-21(30)19(22(31)33-23)10-14-11-28(20-18(14)4-3-9-25-20)12-16-13-29(27-26-16)17-7-5-15(24)6-8-17/h3-11,13H,12H2,1-2H3. The molecule has 0 spiro atoms. The summed E-state index contributed by atoms with van der Waals surface area (Å²) in [5.41, 5.74) is 2.36. The number of halogens is 1. The van der Waals surface area contributed by atoms with Gasteiger partial charge in [0.15, 0.2) is 0 Å². The highest BCUT2D eigenvalue weighted by Crippen LogP contribution is 2.27. The summed E-state index contributed by atoms with van der Waals surface area (Å²) in [7, 11) is 0. The van der Waals surface area contributed by atoms with E-state index in [0.29, 0.717) is 29.1 Å². The van der Waals surface area contributed by atoms with Gasteiger partial charge in [0.25, 0.3) is 5.79 Å². The maximum absolute atomic E-state index is 13.2. The van der Waals surface area contributed by atoms with Crippen LogP contribution in [0.5, 0.6) is 0 Å². The largest absolute Gasteiger partial charge is 0.419 e. The fourth-order valence-corrected chi connectivity index (χ4v) is 3.58. The lowest BCUT2D eigenvalue weighted by Crippen LogP contribution is -2.41. The number of benzene rings is 1. The molecule has 0 amide bonds. The van der Waals surface area contributed by atoms with Gasteiger partial charge in [-0.05, 0) is 42.5 Å². The minimum atomic E-state index is -1.31. The number of esters is 2. The number of carbonyl (C=O) groups is 2. The summed E-state index contributed by atoms with van der Waals surface area (Å²) in [5, 5.41) is 9.03. The smallest absolute Gasteiger partial charge is 0.348 e. The summed E-state index contributed by atoms with van der Waals surface area (Å²) in [6.45, 7) is 3.32. The van der Waals surface area contributed by atoms with Gasteiger partial charge in [0.1, 0.15) is 22.7 Å². The first-order valence-electron chi connectivity index (χ1n) is 10.1. The van der Waals surface area contributed by atoms with Crippen LogP contribution in [0, 0.1) is 5.82 Å². The van der Waals surface area contributed by atoms with E-state index in [9.17, 15) is 14.0 Å². The maximum atomic E-state index is 13.2. The zero-order chi connectivity index (χ0) is 23.2. The van der Waals surface area contributed by atoms with Crippen molar-refractivity contribution in [3.63, 3.8) is 0 Å². The van der Waals surface area contributed by atoms with Crippen molar-refractivity contribution < 1.29 is 23.5 Å². The highest BCUT2D eigenvalue weighted by Gasteiger charge is 2.39. The summed E-state index contributed by atoms with van der Waals surface area (Å²) >= 11 is 0. The van der Waals surface area contributed by atoms with Gasteiger partial charge in [0, 0.05) is 37.2 Å². The number of hydrogen-bond acceptors (Lipinski definition) is 7. The number of rotatable bonds is 4. The van der Waals surface area contributed by atoms with Gasteiger partial charge in [-0.15, -0.1) is 5.10 Å². The van der Waals surface area contributed by atoms with Crippen molar-refractivity contribution in [2.24, 2.45) is 0 Å². The van der Waals surface area contributed by atoms with Crippen molar-refractivity contribution in [1.29, 1.82) is 0 Å². The third kappa shape index (κ3) is 3.98. The summed E-state index contributed by atoms with van der Waals surface area (Å²) in [6, 6.07) is 9.51. The predicted molar refractivity (Wildman–Crippen MR) is 114 cm³/mol. The second kappa shape index (κ2) is 7.66. The van der Waals surface area contributed by atoms with Crippen molar-refractivity contribution in [3.8, 4) is 5.69 Å². The lowest BCUT2D eigenvalue weighted by Gasteiger charge is -2.29. The number of aromatic nitrogens is 5. The highest BCUT2D eigenvalue weighted by molar-refractivity contribution is 6.19. The summed E-state index contributed by atoms with van der Waals surface area (Å²) in [6.07, 6.45) is 6.59. The third-order valence-electron chi connectivity index (χ3n) is 5.05. The van der Waals surface area contributed by atoms with Crippen LogP contribution in [0.25, 0.3) is 22.8 Å². The van der Waals surface area contributed by atoms with E-state index in [1.807, 2.05) is 10.6 Å². The van der Waals surface area contributed by atoms with Crippen LogP contribution in [-0.2, 0) is 25.6 Å². The Morgan fingerprint density at radius 1 is 1.06 bits per heavy atom. The first-order chi connectivity index (χ1) is 15.8. The van der Waals surface area contributed by atoms with Crippen molar-refractivity contribution in [3.05, 3.63) is 77.6 Å². The summed E-state index contributed by atoms with van der Waals surface area (Å²) in [5.74, 6) is -3.14. The number of pyridine rings is 1. The van der Waals surface area contributed by atoms with E-state index in [1.165, 1.54) is 32.1 Å². The van der Waals surface area contributed by atoms with Crippen LogP contribution >= 0.6 is 0 Å². The first kappa shape index (κ1) is 20.6. The molecule has 0 radical (unpaired) electrons. The number of ether oxygens (including phenoxy) is 2. The molecule has 1 saturated heterocycles. The Morgan fingerprint density at radius 2 is 1.79 bits per heavy atom. The molecule has 0 bridgehead atoms. The molecule has 9 nitrogen and oxygen atoms in total. The van der Waals surface area contributed by atoms with E-state index in [-0.39, 0.29) is 11.4 Å². The molecule has 1 aliphatic rings. The third-order valence-corrected chi connectivity index (χ3v) is 5.05. The zero-order valence-corrected chi connectivity index (χ0v) is 17.7. The maximum Gasteiger partial charge on any atom is 0.348 e. The van der Waals surface area contributed by atoms with Crippen LogP contribution in [0.3, 0.4) is 0 Å². The number of hydrogen-bond donors (Lipinski definition) is 0. The van der Waals surface area contributed by atoms with Gasteiger partial charge in [0.2, 0.25) is 0 Å². The van der Waals surface area contributed by atoms with E-state index in [4.69, 9.17) is 9.47 Å². The van der Waals surface area contributed by atoms with Crippen LogP contribution in [0.15, 0.2) is 60.6 Å². The van der Waals surface area contributed by atoms with Crippen LogP contribution in [0.1, 0.15) is 25.1 Å². The molecule has 1 aromatic carbocycles. The molecule has 4 heterocycles. The van der Waals surface area contributed by atoms with Crippen LogP contribution in [-0.4, -0.2) is 42.3 Å². The van der Waals surface area contributed by atoms with E-state index in [2.05, 4.69) is 15.3 Å². The summed E-state index contributed by atoms with van der Waals surface area (Å²) in [4.78, 5) is 29.1. The Morgan fingerprint density at radius 3 is 2.52 bits per heavy atom. The van der Waals surface area contributed by atoms with Crippen molar-refractivity contribution in [2.45, 2.75) is 26.2 Å². The van der Waals surface area contributed by atoms with Gasteiger partial charge in [-0.25, -0.2) is 23.6 Å². The molecule has 5 rings (SSSR count). The molecule has 33 heavy (non-hydrogen) atoms. The number of fused-ring (bicyclic) bond motifs is 1. The van der Waals surface area contributed by atoms with E-state index in [0.717, 1.165) is 5.39 Å². The molecule has 1 fully saturated rings. The predicted octanol–water partition coefficient (Wildman–Crippen LogP) is 3.02. The lowest BCUT2D eigenvalue weighted by atomic mass is 10.1. The Balaban J connectivity index is 1.48. The monoisotopic (exact) mass is 447 g/mol. The molecule has 10 heteroatoms. The van der Waals surface area contributed by atoms with Crippen molar-refractivity contribution in [2.75, 3.05) is 0 Å². The molecule has 166 valence electrons. The second-order valence-electron chi connectivity index (χ2n) is 7.95. The minimum absolute atomic E-state index is 0.195. The van der Waals surface area contributed by atoms with E-state index in [1.54, 1.807) is 41.5 Å². The zero-order valence-electron chi connectivity index (χ0n) is 17.7. The molecule has 4 aromatic rings. The van der Waals surface area contributed by atoms with Crippen molar-refractivity contribution in [1.82, 2.24) is 24.5 Å². The fraction of sp³-hybridized carbons (Fsp3) is 0.174. The number of carbonyl (C=O) groups excluding carboxylic acids is 2. The van der Waals surface area contributed by atoms with E-state index >= 15 is 0 Å². The number of nitrogens with zero attached hydrogens (tertiary/aromatic N) is 5. The average Bonchev–Trinajstić information content (AvgIpc) is 3.36. The van der Waals surface area contributed by atoms with Gasteiger partial charge in [-0.2, -0.15) is 0 Å². The SMILES string of the molecule is CC1(C)OC(=O)C(=Cc2cn(Cc3cn(-c4ccc(F)cc4)nn3)c3ncccc23)C(=O)O1. The highest BCUT2D eigenvalue weighted by atomic mass is 19.1. The Bertz CT molecular complexity index is 1400. The Labute approximate surface area is 187 Å². The normalized spacial score (nSPS) is 15.4. The number of cyclic esters (lactones) is 2. The molecule has 0 unspecified atom stereocenters. The van der Waals surface area contributed by atoms with Crippen LogP contribution < -0.4 is 0 Å². The molecule has 0 saturated carbocycles. The molecule has 1 aliphatic heterocycles. The molecule has 0 N–H and O–H groups in total. The van der Waals surface area contributed by atoms with Gasteiger partial charge >= 0.3 is 11.9 Å². The molecular weight excluding hydrogens is 429 g/mol. The molecule has 0 atom stereocenters. The lowest BCUT2D eigenvalue weighted by molar-refractivity contribution is -0.222. The minimum Gasteiger partial charge on any atom is -0.419 e. The fourth-order valence-electron chi connectivity index (χ4n) is 3.58. The first-order valence-corrected chi connectivity index (χ1v) is 10.1. The van der Waals surface area contributed by atoms with Crippen LogP contribution in [0.4, 0.5) is 4.39 Å². The van der Waals surface area contributed by atoms with Crippen LogP contribution in [0.2, 0.25) is 0 Å². The molecule has 0 aliphatic carbocycles. The Kier molecular flexibility index (Phi) is 4.77. The van der Waals surface area contributed by atoms with E-state index < -0.39 is 17.7 Å². The molecule has 3 aromatic heterocycles. The van der Waals surface area contributed by atoms with Gasteiger partial charge in [-0.1, -0.05) is 5.21 Å². The molecular formula is C23H18FN5O4. The van der Waals surface area contributed by atoms with Gasteiger partial charge < -0.3 is 14.0 Å². The van der Waals surface area contributed by atoms with Gasteiger partial charge in [-0.3, -0.25) is 0 Å². The topological polar surface area (TPSA) is 101 Å². The Hall–Kier alpha value is -4.34. The summed E-state index contributed by atoms with van der Waals surface area (Å²) < 4.78 is 26.9. The average molecular weight is 447 g/mol. The van der Waals surface area contributed by atoms with Crippen molar-refractivity contribution >= 4 is 29.0 Å². The quantitative estimate of drug-likeness (QED) is 0.269.